The molecule has 0 fully saturated rings. The summed E-state index contributed by atoms with van der Waals surface area (Å²) in [5, 5.41) is 2.59. The molecule has 0 saturated heterocycles. The highest BCUT2D eigenvalue weighted by Crippen LogP contribution is 2.15. The summed E-state index contributed by atoms with van der Waals surface area (Å²) in [6, 6.07) is 7.21. The molecule has 4 nitrogen and oxygen atoms in total. The second-order valence-electron chi connectivity index (χ2n) is 3.88. The number of carbonyl (C=O) groups excluding carboxylic acids is 1. The van der Waals surface area contributed by atoms with E-state index in [9.17, 15) is 9.18 Å². The molecule has 0 radical (unpaired) electrons. The number of aromatic nitrogens is 1. The summed E-state index contributed by atoms with van der Waals surface area (Å²) in [5.74, 6) is -1.14. The molecule has 1 aromatic carbocycles. The van der Waals surface area contributed by atoms with Crippen LogP contribution in [0.5, 0.6) is 0 Å². The molecule has 0 atom stereocenters. The number of pyridine rings is 1. The van der Waals surface area contributed by atoms with Crippen molar-refractivity contribution in [3.63, 3.8) is 0 Å². The molecule has 5 heteroatoms. The van der Waals surface area contributed by atoms with E-state index in [0.29, 0.717) is 11.4 Å². The first-order valence-electron chi connectivity index (χ1n) is 5.35. The van der Waals surface area contributed by atoms with Crippen LogP contribution in [-0.2, 0) is 0 Å². The summed E-state index contributed by atoms with van der Waals surface area (Å²) in [5.41, 5.74) is 7.12. The van der Waals surface area contributed by atoms with E-state index in [4.69, 9.17) is 5.73 Å². The standard InChI is InChI=1S/C13H12FN3O/c1-8-6-10(4-5-16-8)17-13(18)11-7-9(15)2-3-12(11)14/h2-7H,15H2,1H3,(H,16,17,18). The molecule has 0 unspecified atom stereocenters. The zero-order valence-electron chi connectivity index (χ0n) is 9.77. The molecule has 0 saturated carbocycles. The molecule has 3 N–H and O–H groups in total. The maximum Gasteiger partial charge on any atom is 0.258 e. The highest BCUT2D eigenvalue weighted by atomic mass is 19.1. The van der Waals surface area contributed by atoms with Crippen molar-refractivity contribution in [2.45, 2.75) is 6.92 Å². The van der Waals surface area contributed by atoms with E-state index >= 15 is 0 Å². The van der Waals surface area contributed by atoms with Crippen LogP contribution < -0.4 is 11.1 Å². The molecule has 1 heterocycles. The lowest BCUT2D eigenvalue weighted by Crippen LogP contribution is -2.14. The van der Waals surface area contributed by atoms with E-state index in [1.807, 2.05) is 0 Å². The van der Waals surface area contributed by atoms with Crippen LogP contribution in [0.15, 0.2) is 36.5 Å². The highest BCUT2D eigenvalue weighted by molar-refractivity contribution is 6.04. The van der Waals surface area contributed by atoms with Crippen LogP contribution in [0.4, 0.5) is 15.8 Å². The molecule has 92 valence electrons. The maximum absolute atomic E-state index is 13.5. The predicted octanol–water partition coefficient (Wildman–Crippen LogP) is 2.36. The minimum atomic E-state index is -0.604. The Hall–Kier alpha value is -2.43. The van der Waals surface area contributed by atoms with E-state index < -0.39 is 11.7 Å². The molecule has 1 aromatic heterocycles. The third-order valence-electron chi connectivity index (χ3n) is 2.39. The SMILES string of the molecule is Cc1cc(NC(=O)c2cc(N)ccc2F)ccn1. The summed E-state index contributed by atoms with van der Waals surface area (Å²) in [7, 11) is 0. The number of nitrogens with two attached hydrogens (primary N) is 1. The lowest BCUT2D eigenvalue weighted by molar-refractivity contribution is 0.102. The second-order valence-corrected chi connectivity index (χ2v) is 3.88. The van der Waals surface area contributed by atoms with Gasteiger partial charge in [0.2, 0.25) is 0 Å². The van der Waals surface area contributed by atoms with Crippen molar-refractivity contribution in [2.75, 3.05) is 11.1 Å². The number of carbonyl (C=O) groups is 1. The van der Waals surface area contributed by atoms with E-state index in [2.05, 4.69) is 10.3 Å². The van der Waals surface area contributed by atoms with Crippen LogP contribution in [-0.4, -0.2) is 10.9 Å². The van der Waals surface area contributed by atoms with Crippen LogP contribution in [0.25, 0.3) is 0 Å². The lowest BCUT2D eigenvalue weighted by atomic mass is 10.1. The van der Waals surface area contributed by atoms with E-state index in [0.717, 1.165) is 5.69 Å². The van der Waals surface area contributed by atoms with E-state index in [-0.39, 0.29) is 5.56 Å². The fourth-order valence-corrected chi connectivity index (χ4v) is 1.54. The smallest absolute Gasteiger partial charge is 0.258 e. The van der Waals surface area contributed by atoms with E-state index in [1.165, 1.54) is 18.2 Å². The molecule has 0 spiro atoms. The highest BCUT2D eigenvalue weighted by Gasteiger charge is 2.12. The molecule has 1 amide bonds. The van der Waals surface area contributed by atoms with Gasteiger partial charge in [-0.2, -0.15) is 0 Å². The summed E-state index contributed by atoms with van der Waals surface area (Å²) < 4.78 is 13.5. The third-order valence-corrected chi connectivity index (χ3v) is 2.39. The number of nitrogens with one attached hydrogen (secondary N) is 1. The molecule has 0 bridgehead atoms. The number of aryl methyl sites for hydroxylation is 1. The van der Waals surface area contributed by atoms with Crippen molar-refractivity contribution in [1.29, 1.82) is 0 Å². The number of anilines is 2. The Kier molecular flexibility index (Phi) is 3.23. The van der Waals surface area contributed by atoms with Gasteiger partial charge >= 0.3 is 0 Å². The van der Waals surface area contributed by atoms with Gasteiger partial charge in [0.25, 0.3) is 5.91 Å². The Morgan fingerprint density at radius 2 is 2.11 bits per heavy atom. The van der Waals surface area contributed by atoms with Gasteiger partial charge in [-0.3, -0.25) is 9.78 Å². The number of nitrogen functional groups attached to an aromatic ring is 1. The number of halogens is 1. The van der Waals surface area contributed by atoms with Crippen molar-refractivity contribution in [3.8, 4) is 0 Å². The van der Waals surface area contributed by atoms with Crippen molar-refractivity contribution in [2.24, 2.45) is 0 Å². The van der Waals surface area contributed by atoms with Gasteiger partial charge in [-0.15, -0.1) is 0 Å². The summed E-state index contributed by atoms with van der Waals surface area (Å²) >= 11 is 0. The number of amides is 1. The number of hydrogen-bond acceptors (Lipinski definition) is 3. The Morgan fingerprint density at radius 1 is 1.33 bits per heavy atom. The van der Waals surface area contributed by atoms with E-state index in [1.54, 1.807) is 25.3 Å². The maximum atomic E-state index is 13.5. The predicted molar refractivity (Wildman–Crippen MR) is 67.7 cm³/mol. The van der Waals surface area contributed by atoms with Crippen LogP contribution in [0, 0.1) is 12.7 Å². The van der Waals surface area contributed by atoms with Crippen LogP contribution in [0.3, 0.4) is 0 Å². The fourth-order valence-electron chi connectivity index (χ4n) is 1.54. The normalized spacial score (nSPS) is 10.1. The quantitative estimate of drug-likeness (QED) is 0.798. The molecule has 2 rings (SSSR count). The molecule has 0 aliphatic rings. The minimum Gasteiger partial charge on any atom is -0.399 e. The Bertz CT molecular complexity index is 599. The van der Waals surface area contributed by atoms with Crippen molar-refractivity contribution in [3.05, 3.63) is 53.6 Å². The molecule has 18 heavy (non-hydrogen) atoms. The van der Waals surface area contributed by atoms with Crippen LogP contribution in [0.1, 0.15) is 16.1 Å². The van der Waals surface area contributed by atoms with Crippen LogP contribution in [0.2, 0.25) is 0 Å². The first-order chi connectivity index (χ1) is 8.56. The Morgan fingerprint density at radius 3 is 2.83 bits per heavy atom. The number of benzene rings is 1. The van der Waals surface area contributed by atoms with Crippen molar-refractivity contribution < 1.29 is 9.18 Å². The zero-order valence-corrected chi connectivity index (χ0v) is 9.77. The van der Waals surface area contributed by atoms with Gasteiger partial charge in [0.1, 0.15) is 5.82 Å². The topological polar surface area (TPSA) is 68.0 Å². The van der Waals surface area contributed by atoms with Gasteiger partial charge in [-0.05, 0) is 37.3 Å². The monoisotopic (exact) mass is 245 g/mol. The average Bonchev–Trinajstić information content (AvgIpc) is 2.32. The van der Waals surface area contributed by atoms with Crippen molar-refractivity contribution >= 4 is 17.3 Å². The summed E-state index contributed by atoms with van der Waals surface area (Å²) in [6.45, 7) is 1.80. The summed E-state index contributed by atoms with van der Waals surface area (Å²) in [6.07, 6.45) is 1.57. The first-order valence-corrected chi connectivity index (χ1v) is 5.35. The second kappa shape index (κ2) is 4.83. The van der Waals surface area contributed by atoms with Gasteiger partial charge in [0, 0.05) is 23.3 Å². The van der Waals surface area contributed by atoms with Crippen LogP contribution >= 0.6 is 0 Å². The largest absolute Gasteiger partial charge is 0.399 e. The summed E-state index contributed by atoms with van der Waals surface area (Å²) in [4.78, 5) is 15.9. The Labute approximate surface area is 104 Å². The average molecular weight is 245 g/mol. The number of rotatable bonds is 2. The Balaban J connectivity index is 2.24. The minimum absolute atomic E-state index is 0.0792. The third kappa shape index (κ3) is 2.63. The zero-order chi connectivity index (χ0) is 13.1. The van der Waals surface area contributed by atoms with Crippen molar-refractivity contribution in [1.82, 2.24) is 4.98 Å². The van der Waals surface area contributed by atoms with Gasteiger partial charge in [-0.1, -0.05) is 0 Å². The number of hydrogen-bond donors (Lipinski definition) is 2. The number of nitrogens with zero attached hydrogens (tertiary/aromatic N) is 1. The molecule has 0 aliphatic carbocycles. The molecule has 0 aliphatic heterocycles. The lowest BCUT2D eigenvalue weighted by Gasteiger charge is -2.07. The van der Waals surface area contributed by atoms with Gasteiger partial charge in [0.15, 0.2) is 0 Å². The van der Waals surface area contributed by atoms with Gasteiger partial charge in [-0.25, -0.2) is 4.39 Å². The molecular weight excluding hydrogens is 233 g/mol. The van der Waals surface area contributed by atoms with Gasteiger partial charge in [0.05, 0.1) is 5.56 Å². The fraction of sp³-hybridized carbons (Fsp3) is 0.0769. The molecular formula is C13H12FN3O. The van der Waals surface area contributed by atoms with Gasteiger partial charge < -0.3 is 11.1 Å². The first kappa shape index (κ1) is 12.0. The molecule has 2 aromatic rings.